The molecule has 1 atom stereocenters. The molecule has 0 radical (unpaired) electrons. The molecule has 1 heterocycles. The van der Waals surface area contributed by atoms with Gasteiger partial charge in [-0.05, 0) is 86.8 Å². The zero-order valence-electron chi connectivity index (χ0n) is 12.5. The Hall–Kier alpha value is -0.890. The molecule has 1 N–H and O–H groups in total. The lowest BCUT2D eigenvalue weighted by atomic mass is 9.47. The Morgan fingerprint density at radius 1 is 1.20 bits per heavy atom. The second kappa shape index (κ2) is 4.84. The van der Waals surface area contributed by atoms with Crippen LogP contribution in [-0.4, -0.2) is 18.1 Å². The number of hydrogen-bond acceptors (Lipinski definition) is 2. The summed E-state index contributed by atoms with van der Waals surface area (Å²) < 4.78 is 0. The predicted octanol–water partition coefficient (Wildman–Crippen LogP) is 3.43. The van der Waals surface area contributed by atoms with Gasteiger partial charge < -0.3 is 5.32 Å². The van der Waals surface area contributed by atoms with E-state index >= 15 is 0 Å². The SMILES string of the molecule is CNC(Cc1cccnc1)C12CC3CC(CC(C3)C1)C2. The van der Waals surface area contributed by atoms with E-state index in [1.165, 1.54) is 44.1 Å². The smallest absolute Gasteiger partial charge is 0.0300 e. The normalized spacial score (nSPS) is 40.0. The van der Waals surface area contributed by atoms with Crippen molar-refractivity contribution >= 4 is 0 Å². The lowest BCUT2D eigenvalue weighted by Crippen LogP contribution is -2.56. The molecule has 4 saturated carbocycles. The molecule has 0 amide bonds. The highest BCUT2D eigenvalue weighted by Gasteiger charge is 2.53. The first-order valence-electron chi connectivity index (χ1n) is 8.33. The van der Waals surface area contributed by atoms with E-state index in [1.807, 2.05) is 12.4 Å². The number of nitrogens with one attached hydrogen (secondary N) is 1. The van der Waals surface area contributed by atoms with E-state index in [0.29, 0.717) is 11.5 Å². The highest BCUT2D eigenvalue weighted by atomic mass is 14.9. The molecular formula is C18H26N2. The molecule has 1 unspecified atom stereocenters. The first-order valence-corrected chi connectivity index (χ1v) is 8.33. The summed E-state index contributed by atoms with van der Waals surface area (Å²) in [6, 6.07) is 4.94. The van der Waals surface area contributed by atoms with Gasteiger partial charge in [-0.3, -0.25) is 4.98 Å². The topological polar surface area (TPSA) is 24.9 Å². The number of pyridine rings is 1. The van der Waals surface area contributed by atoms with Crippen LogP contribution < -0.4 is 5.32 Å². The monoisotopic (exact) mass is 270 g/mol. The largest absolute Gasteiger partial charge is 0.316 e. The Balaban J connectivity index is 1.58. The summed E-state index contributed by atoms with van der Waals surface area (Å²) in [6.45, 7) is 0. The van der Waals surface area contributed by atoms with Gasteiger partial charge in [0.05, 0.1) is 0 Å². The van der Waals surface area contributed by atoms with E-state index in [9.17, 15) is 0 Å². The van der Waals surface area contributed by atoms with Crippen LogP contribution in [0.4, 0.5) is 0 Å². The van der Waals surface area contributed by atoms with Crippen LogP contribution in [-0.2, 0) is 6.42 Å². The number of likely N-dealkylation sites (N-methyl/N-ethyl adjacent to an activating group) is 1. The van der Waals surface area contributed by atoms with E-state index in [0.717, 1.165) is 24.2 Å². The molecule has 1 aromatic rings. The van der Waals surface area contributed by atoms with Crippen molar-refractivity contribution in [1.29, 1.82) is 0 Å². The fraction of sp³-hybridized carbons (Fsp3) is 0.722. The minimum atomic E-state index is 0.583. The van der Waals surface area contributed by atoms with Gasteiger partial charge >= 0.3 is 0 Å². The van der Waals surface area contributed by atoms with Gasteiger partial charge in [0.1, 0.15) is 0 Å². The summed E-state index contributed by atoms with van der Waals surface area (Å²) in [5.41, 5.74) is 1.97. The van der Waals surface area contributed by atoms with E-state index in [2.05, 4.69) is 29.5 Å². The molecule has 4 aliphatic rings. The zero-order valence-corrected chi connectivity index (χ0v) is 12.5. The minimum Gasteiger partial charge on any atom is -0.316 e. The summed E-state index contributed by atoms with van der Waals surface area (Å²) in [7, 11) is 2.17. The molecule has 108 valence electrons. The second-order valence-electron chi connectivity index (χ2n) is 7.69. The molecule has 4 bridgehead atoms. The predicted molar refractivity (Wildman–Crippen MR) is 81.4 cm³/mol. The molecule has 2 heteroatoms. The fourth-order valence-corrected chi connectivity index (χ4v) is 5.98. The van der Waals surface area contributed by atoms with Crippen molar-refractivity contribution in [2.24, 2.45) is 23.2 Å². The zero-order chi connectivity index (χ0) is 13.6. The molecule has 0 spiro atoms. The lowest BCUT2D eigenvalue weighted by molar-refractivity contribution is -0.0724. The second-order valence-corrected chi connectivity index (χ2v) is 7.69. The van der Waals surface area contributed by atoms with Crippen LogP contribution in [0.15, 0.2) is 24.5 Å². The maximum Gasteiger partial charge on any atom is 0.0300 e. The van der Waals surface area contributed by atoms with Crippen molar-refractivity contribution in [3.63, 3.8) is 0 Å². The van der Waals surface area contributed by atoms with Crippen LogP contribution in [0.5, 0.6) is 0 Å². The molecule has 2 nitrogen and oxygen atoms in total. The first-order chi connectivity index (χ1) is 9.77. The standard InChI is InChI=1S/C18H26N2/c1-19-17(8-13-3-2-4-20-12-13)18-9-14-5-15(10-18)7-16(6-14)11-18/h2-4,12,14-17,19H,5-11H2,1H3. The first kappa shape index (κ1) is 12.8. The Kier molecular flexibility index (Phi) is 3.10. The Morgan fingerprint density at radius 3 is 2.35 bits per heavy atom. The van der Waals surface area contributed by atoms with Gasteiger partial charge in [-0.2, -0.15) is 0 Å². The van der Waals surface area contributed by atoms with Crippen molar-refractivity contribution in [3.05, 3.63) is 30.1 Å². The summed E-state index contributed by atoms with van der Waals surface area (Å²) in [6.07, 6.45) is 14.1. The van der Waals surface area contributed by atoms with Gasteiger partial charge in [-0.1, -0.05) is 6.07 Å². The van der Waals surface area contributed by atoms with Crippen LogP contribution >= 0.6 is 0 Å². The van der Waals surface area contributed by atoms with Crippen molar-refractivity contribution in [1.82, 2.24) is 10.3 Å². The number of rotatable bonds is 4. The van der Waals surface area contributed by atoms with Gasteiger partial charge in [0, 0.05) is 18.4 Å². The van der Waals surface area contributed by atoms with Crippen molar-refractivity contribution < 1.29 is 0 Å². The van der Waals surface area contributed by atoms with Crippen molar-refractivity contribution in [2.45, 2.75) is 51.0 Å². The third kappa shape index (κ3) is 2.09. The molecular weight excluding hydrogens is 244 g/mol. The summed E-state index contributed by atoms with van der Waals surface area (Å²) in [5.74, 6) is 3.10. The fourth-order valence-electron chi connectivity index (χ4n) is 5.98. The van der Waals surface area contributed by atoms with E-state index in [1.54, 1.807) is 0 Å². The van der Waals surface area contributed by atoms with E-state index < -0.39 is 0 Å². The van der Waals surface area contributed by atoms with Gasteiger partial charge in [0.2, 0.25) is 0 Å². The van der Waals surface area contributed by atoms with E-state index in [-0.39, 0.29) is 0 Å². The number of nitrogens with zero attached hydrogens (tertiary/aromatic N) is 1. The molecule has 5 rings (SSSR count). The van der Waals surface area contributed by atoms with Crippen LogP contribution in [0.1, 0.15) is 44.1 Å². The molecule has 0 aromatic carbocycles. The maximum atomic E-state index is 4.29. The Morgan fingerprint density at radius 2 is 1.85 bits per heavy atom. The summed E-state index contributed by atoms with van der Waals surface area (Å²) in [4.78, 5) is 4.29. The highest BCUT2D eigenvalue weighted by Crippen LogP contribution is 2.61. The van der Waals surface area contributed by atoms with Gasteiger partial charge in [-0.15, -0.1) is 0 Å². The van der Waals surface area contributed by atoms with Crippen LogP contribution in [0, 0.1) is 23.2 Å². The summed E-state index contributed by atoms with van der Waals surface area (Å²) in [5, 5.41) is 3.68. The van der Waals surface area contributed by atoms with E-state index in [4.69, 9.17) is 0 Å². The van der Waals surface area contributed by atoms with Gasteiger partial charge in [0.15, 0.2) is 0 Å². The van der Waals surface area contributed by atoms with Crippen molar-refractivity contribution in [2.75, 3.05) is 7.05 Å². The molecule has 1 aromatic heterocycles. The third-order valence-electron chi connectivity index (χ3n) is 6.34. The molecule has 4 aliphatic carbocycles. The van der Waals surface area contributed by atoms with Crippen molar-refractivity contribution in [3.8, 4) is 0 Å². The average Bonchev–Trinajstić information content (AvgIpc) is 2.44. The Labute approximate surface area is 122 Å². The lowest BCUT2D eigenvalue weighted by Gasteiger charge is -2.59. The summed E-state index contributed by atoms with van der Waals surface area (Å²) >= 11 is 0. The minimum absolute atomic E-state index is 0.583. The van der Waals surface area contributed by atoms with Crippen LogP contribution in [0.2, 0.25) is 0 Å². The van der Waals surface area contributed by atoms with Crippen LogP contribution in [0.3, 0.4) is 0 Å². The molecule has 4 fully saturated rings. The average molecular weight is 270 g/mol. The number of hydrogen-bond donors (Lipinski definition) is 1. The molecule has 0 saturated heterocycles. The third-order valence-corrected chi connectivity index (χ3v) is 6.34. The van der Waals surface area contributed by atoms with Gasteiger partial charge in [0.25, 0.3) is 0 Å². The van der Waals surface area contributed by atoms with Crippen LogP contribution in [0.25, 0.3) is 0 Å². The van der Waals surface area contributed by atoms with Gasteiger partial charge in [-0.25, -0.2) is 0 Å². The molecule has 20 heavy (non-hydrogen) atoms. The highest BCUT2D eigenvalue weighted by molar-refractivity contribution is 5.14. The quantitative estimate of drug-likeness (QED) is 0.906. The number of aromatic nitrogens is 1. The Bertz CT molecular complexity index is 432. The molecule has 0 aliphatic heterocycles. The maximum absolute atomic E-state index is 4.29.